The topological polar surface area (TPSA) is 59.6 Å². The lowest BCUT2D eigenvalue weighted by atomic mass is 9.91. The van der Waals surface area contributed by atoms with E-state index in [1.165, 1.54) is 0 Å². The second kappa shape index (κ2) is 6.53. The predicted octanol–water partition coefficient (Wildman–Crippen LogP) is 2.52. The van der Waals surface area contributed by atoms with Crippen LogP contribution >= 0.6 is 0 Å². The van der Waals surface area contributed by atoms with Gasteiger partial charge in [-0.1, -0.05) is 42.5 Å². The smallest absolute Gasteiger partial charge is 0.231 e. The number of carbonyl (C=O) groups is 1. The van der Waals surface area contributed by atoms with Crippen LogP contribution < -0.4 is 20.1 Å². The van der Waals surface area contributed by atoms with Crippen molar-refractivity contribution in [3.8, 4) is 11.5 Å². The van der Waals surface area contributed by atoms with Crippen LogP contribution in [-0.4, -0.2) is 18.7 Å². The average molecular weight is 324 g/mol. The molecule has 0 spiro atoms. The van der Waals surface area contributed by atoms with Crippen LogP contribution in [0.25, 0.3) is 0 Å². The van der Waals surface area contributed by atoms with Crippen LogP contribution in [0.15, 0.2) is 48.5 Å². The molecule has 0 radical (unpaired) electrons. The summed E-state index contributed by atoms with van der Waals surface area (Å²) in [5.74, 6) is 1.73. The molecule has 4 rings (SSSR count). The first-order valence-electron chi connectivity index (χ1n) is 8.26. The van der Waals surface area contributed by atoms with Gasteiger partial charge in [0.2, 0.25) is 12.7 Å². The SMILES string of the molecule is O=C1CC[C@@H](NCc2cccc3c2OCO3)[C@H](c2ccccc2)N1. The van der Waals surface area contributed by atoms with Crippen molar-refractivity contribution in [2.24, 2.45) is 0 Å². The fourth-order valence-electron chi connectivity index (χ4n) is 3.37. The highest BCUT2D eigenvalue weighted by Gasteiger charge is 2.29. The van der Waals surface area contributed by atoms with Crippen molar-refractivity contribution in [2.75, 3.05) is 6.79 Å². The number of piperidine rings is 1. The Labute approximate surface area is 141 Å². The standard InChI is InChI=1S/C19H20N2O3/c22-17-10-9-15(18(21-17)13-5-2-1-3-6-13)20-11-14-7-4-8-16-19(14)24-12-23-16/h1-8,15,18,20H,9-12H2,(H,21,22)/t15-,18+/m1/s1. The van der Waals surface area contributed by atoms with Crippen LogP contribution in [0.4, 0.5) is 0 Å². The van der Waals surface area contributed by atoms with E-state index in [4.69, 9.17) is 9.47 Å². The molecular weight excluding hydrogens is 304 g/mol. The molecule has 2 atom stereocenters. The molecule has 0 aliphatic carbocycles. The Hall–Kier alpha value is -2.53. The van der Waals surface area contributed by atoms with E-state index >= 15 is 0 Å². The highest BCUT2D eigenvalue weighted by Crippen LogP contribution is 2.35. The van der Waals surface area contributed by atoms with Gasteiger partial charge in [-0.2, -0.15) is 0 Å². The van der Waals surface area contributed by atoms with Gasteiger partial charge < -0.3 is 20.1 Å². The van der Waals surface area contributed by atoms with Crippen LogP contribution in [-0.2, 0) is 11.3 Å². The van der Waals surface area contributed by atoms with E-state index in [2.05, 4.69) is 22.8 Å². The van der Waals surface area contributed by atoms with Crippen molar-refractivity contribution < 1.29 is 14.3 Å². The van der Waals surface area contributed by atoms with Gasteiger partial charge in [0.15, 0.2) is 11.5 Å². The second-order valence-corrected chi connectivity index (χ2v) is 6.13. The minimum absolute atomic E-state index is 0.0126. The Balaban J connectivity index is 1.50. The molecule has 0 bridgehead atoms. The zero-order chi connectivity index (χ0) is 16.4. The number of nitrogens with one attached hydrogen (secondary N) is 2. The summed E-state index contributed by atoms with van der Waals surface area (Å²) in [4.78, 5) is 11.8. The Morgan fingerprint density at radius 3 is 2.83 bits per heavy atom. The van der Waals surface area contributed by atoms with Crippen LogP contribution in [0.2, 0.25) is 0 Å². The molecular formula is C19H20N2O3. The predicted molar refractivity (Wildman–Crippen MR) is 89.8 cm³/mol. The van der Waals surface area contributed by atoms with Gasteiger partial charge in [0.05, 0.1) is 6.04 Å². The lowest BCUT2D eigenvalue weighted by molar-refractivity contribution is -0.123. The summed E-state index contributed by atoms with van der Waals surface area (Å²) in [6, 6.07) is 16.2. The maximum Gasteiger partial charge on any atom is 0.231 e. The zero-order valence-electron chi connectivity index (χ0n) is 13.3. The van der Waals surface area contributed by atoms with Crippen molar-refractivity contribution in [3.63, 3.8) is 0 Å². The van der Waals surface area contributed by atoms with Crippen molar-refractivity contribution >= 4 is 5.91 Å². The lowest BCUT2D eigenvalue weighted by Crippen LogP contribution is -2.48. The third-order valence-electron chi connectivity index (χ3n) is 4.59. The van der Waals surface area contributed by atoms with E-state index in [0.29, 0.717) is 13.0 Å². The average Bonchev–Trinajstić information content (AvgIpc) is 3.11. The molecule has 2 aliphatic rings. The van der Waals surface area contributed by atoms with E-state index < -0.39 is 0 Å². The Morgan fingerprint density at radius 2 is 1.96 bits per heavy atom. The monoisotopic (exact) mass is 324 g/mol. The zero-order valence-corrected chi connectivity index (χ0v) is 13.3. The lowest BCUT2D eigenvalue weighted by Gasteiger charge is -2.33. The van der Waals surface area contributed by atoms with Gasteiger partial charge in [-0.3, -0.25) is 4.79 Å². The van der Waals surface area contributed by atoms with E-state index in [-0.39, 0.29) is 24.8 Å². The summed E-state index contributed by atoms with van der Waals surface area (Å²) in [6.07, 6.45) is 1.37. The third kappa shape index (κ3) is 2.95. The molecule has 24 heavy (non-hydrogen) atoms. The highest BCUT2D eigenvalue weighted by molar-refractivity contribution is 5.77. The first-order chi connectivity index (χ1) is 11.8. The molecule has 0 aromatic heterocycles. The Morgan fingerprint density at radius 1 is 1.08 bits per heavy atom. The fraction of sp³-hybridized carbons (Fsp3) is 0.316. The van der Waals surface area contributed by atoms with Gasteiger partial charge in [0, 0.05) is 24.6 Å². The number of hydrogen-bond donors (Lipinski definition) is 2. The number of fused-ring (bicyclic) bond motifs is 1. The van der Waals surface area contributed by atoms with Gasteiger partial charge in [-0.05, 0) is 18.1 Å². The summed E-state index contributed by atoms with van der Waals surface area (Å²) in [6.45, 7) is 0.953. The molecule has 1 saturated heterocycles. The van der Waals surface area contributed by atoms with Crippen molar-refractivity contribution in [3.05, 3.63) is 59.7 Å². The number of rotatable bonds is 4. The first-order valence-corrected chi connectivity index (χ1v) is 8.26. The maximum atomic E-state index is 11.8. The van der Waals surface area contributed by atoms with Crippen LogP contribution in [0, 0.1) is 0 Å². The van der Waals surface area contributed by atoms with Crippen LogP contribution in [0.3, 0.4) is 0 Å². The van der Waals surface area contributed by atoms with E-state index in [1.807, 2.05) is 36.4 Å². The third-order valence-corrected chi connectivity index (χ3v) is 4.59. The Bertz CT molecular complexity index is 733. The molecule has 5 nitrogen and oxygen atoms in total. The summed E-state index contributed by atoms with van der Waals surface area (Å²) in [5, 5.41) is 6.70. The number of ether oxygens (including phenoxy) is 2. The molecule has 2 aliphatic heterocycles. The first kappa shape index (κ1) is 15.0. The van der Waals surface area contributed by atoms with E-state index in [1.54, 1.807) is 0 Å². The summed E-state index contributed by atoms with van der Waals surface area (Å²) >= 11 is 0. The van der Waals surface area contributed by atoms with E-state index in [9.17, 15) is 4.79 Å². The molecule has 5 heteroatoms. The molecule has 2 aromatic rings. The fourth-order valence-corrected chi connectivity index (χ4v) is 3.37. The number of amides is 1. The second-order valence-electron chi connectivity index (χ2n) is 6.13. The summed E-state index contributed by atoms with van der Waals surface area (Å²) in [7, 11) is 0. The van der Waals surface area contributed by atoms with Crippen LogP contribution in [0.5, 0.6) is 11.5 Å². The van der Waals surface area contributed by atoms with Gasteiger partial charge >= 0.3 is 0 Å². The molecule has 1 amide bonds. The molecule has 0 unspecified atom stereocenters. The highest BCUT2D eigenvalue weighted by atomic mass is 16.7. The Kier molecular flexibility index (Phi) is 4.09. The molecule has 2 heterocycles. The van der Waals surface area contributed by atoms with Crippen molar-refractivity contribution in [1.82, 2.24) is 10.6 Å². The van der Waals surface area contributed by atoms with Gasteiger partial charge in [0.1, 0.15) is 0 Å². The maximum absolute atomic E-state index is 11.8. The molecule has 2 aromatic carbocycles. The number of hydrogen-bond acceptors (Lipinski definition) is 4. The summed E-state index contributed by atoms with van der Waals surface area (Å²) in [5.41, 5.74) is 2.20. The summed E-state index contributed by atoms with van der Waals surface area (Å²) < 4.78 is 11.0. The number of benzene rings is 2. The quantitative estimate of drug-likeness (QED) is 0.907. The minimum atomic E-state index is -0.0126. The number of carbonyl (C=O) groups excluding carboxylic acids is 1. The molecule has 1 fully saturated rings. The number of para-hydroxylation sites is 1. The molecule has 124 valence electrons. The minimum Gasteiger partial charge on any atom is -0.454 e. The largest absolute Gasteiger partial charge is 0.454 e. The van der Waals surface area contributed by atoms with Crippen molar-refractivity contribution in [1.29, 1.82) is 0 Å². The van der Waals surface area contributed by atoms with Crippen LogP contribution in [0.1, 0.15) is 30.0 Å². The van der Waals surface area contributed by atoms with Gasteiger partial charge in [-0.15, -0.1) is 0 Å². The molecule has 2 N–H and O–H groups in total. The van der Waals surface area contributed by atoms with E-state index in [0.717, 1.165) is 29.0 Å². The normalized spacial score (nSPS) is 22.2. The van der Waals surface area contributed by atoms with Gasteiger partial charge in [-0.25, -0.2) is 0 Å². The molecule has 0 saturated carbocycles. The van der Waals surface area contributed by atoms with Crippen molar-refractivity contribution in [2.45, 2.75) is 31.5 Å². The van der Waals surface area contributed by atoms with Gasteiger partial charge in [0.25, 0.3) is 0 Å².